The lowest BCUT2D eigenvalue weighted by Crippen LogP contribution is -2.39. The molecule has 0 amide bonds. The average molecular weight is 396 g/mol. The van der Waals surface area contributed by atoms with E-state index in [0.717, 1.165) is 38.4 Å². The Morgan fingerprint density at radius 2 is 2.00 bits per heavy atom. The Kier molecular flexibility index (Phi) is 5.68. The molecule has 2 aromatic heterocycles. The highest BCUT2D eigenvalue weighted by atomic mass is 16.5. The lowest BCUT2D eigenvalue weighted by Gasteiger charge is -2.26. The van der Waals surface area contributed by atoms with Gasteiger partial charge in [-0.25, -0.2) is 14.8 Å². The van der Waals surface area contributed by atoms with Crippen molar-refractivity contribution in [3.63, 3.8) is 0 Å². The molecule has 0 radical (unpaired) electrons. The van der Waals surface area contributed by atoms with Gasteiger partial charge in [0.05, 0.1) is 31.7 Å². The summed E-state index contributed by atoms with van der Waals surface area (Å²) in [5.41, 5.74) is 3.06. The van der Waals surface area contributed by atoms with Crippen molar-refractivity contribution < 1.29 is 9.47 Å². The first-order valence-corrected chi connectivity index (χ1v) is 9.73. The zero-order valence-corrected chi connectivity index (χ0v) is 16.4. The van der Waals surface area contributed by atoms with Crippen LogP contribution in [0.15, 0.2) is 35.3 Å². The van der Waals surface area contributed by atoms with Crippen molar-refractivity contribution in [2.45, 2.75) is 13.5 Å². The first kappa shape index (κ1) is 19.3. The fourth-order valence-corrected chi connectivity index (χ4v) is 3.35. The summed E-state index contributed by atoms with van der Waals surface area (Å²) in [7, 11) is 0. The topological polar surface area (TPSA) is 109 Å². The second-order valence-electron chi connectivity index (χ2n) is 6.80. The number of aromatic amines is 1. The van der Waals surface area contributed by atoms with Gasteiger partial charge < -0.3 is 9.47 Å². The molecule has 0 bridgehead atoms. The van der Waals surface area contributed by atoms with Gasteiger partial charge in [0.25, 0.3) is 0 Å². The van der Waals surface area contributed by atoms with E-state index < -0.39 is 0 Å². The van der Waals surface area contributed by atoms with Gasteiger partial charge >= 0.3 is 5.69 Å². The highest BCUT2D eigenvalue weighted by Crippen LogP contribution is 2.19. The van der Waals surface area contributed by atoms with E-state index >= 15 is 0 Å². The minimum atomic E-state index is -0.203. The zero-order valence-electron chi connectivity index (χ0n) is 16.4. The lowest BCUT2D eigenvalue weighted by atomic mass is 10.1. The third kappa shape index (κ3) is 4.20. The summed E-state index contributed by atoms with van der Waals surface area (Å²) < 4.78 is 12.2. The summed E-state index contributed by atoms with van der Waals surface area (Å²) in [6.45, 7) is 6.81. The van der Waals surface area contributed by atoms with Crippen LogP contribution in [-0.4, -0.2) is 69.8 Å². The Hall–Kier alpha value is -3.04. The number of fused-ring (bicyclic) bond motifs is 1. The number of nitrogens with one attached hydrogen (secondary N) is 2. The molecule has 0 atom stereocenters. The van der Waals surface area contributed by atoms with Gasteiger partial charge in [-0.3, -0.25) is 19.9 Å². The first-order valence-electron chi connectivity index (χ1n) is 9.73. The first-order chi connectivity index (χ1) is 14.2. The molecule has 1 aromatic carbocycles. The van der Waals surface area contributed by atoms with E-state index in [1.165, 1.54) is 0 Å². The highest BCUT2D eigenvalue weighted by molar-refractivity contribution is 5.92. The molecule has 0 spiro atoms. The van der Waals surface area contributed by atoms with Crippen LogP contribution >= 0.6 is 0 Å². The van der Waals surface area contributed by atoms with Gasteiger partial charge in [0.15, 0.2) is 11.3 Å². The van der Waals surface area contributed by atoms with Gasteiger partial charge in [0, 0.05) is 37.3 Å². The van der Waals surface area contributed by atoms with Crippen molar-refractivity contribution in [1.82, 2.24) is 24.4 Å². The van der Waals surface area contributed by atoms with Crippen LogP contribution in [0, 0.1) is 5.41 Å². The quantitative estimate of drug-likeness (QED) is 0.483. The number of H-pyrrole nitrogens is 1. The van der Waals surface area contributed by atoms with Crippen molar-refractivity contribution in [2.75, 3.05) is 39.5 Å². The van der Waals surface area contributed by atoms with E-state index in [-0.39, 0.29) is 11.6 Å². The fourth-order valence-electron chi connectivity index (χ4n) is 3.35. The average Bonchev–Trinajstić information content (AvgIpc) is 3.07. The summed E-state index contributed by atoms with van der Waals surface area (Å²) >= 11 is 0. The van der Waals surface area contributed by atoms with Crippen molar-refractivity contribution in [3.8, 4) is 11.3 Å². The van der Waals surface area contributed by atoms with Crippen molar-refractivity contribution in [1.29, 1.82) is 5.41 Å². The fraction of sp³-hybridized carbons (Fsp3) is 0.400. The van der Waals surface area contributed by atoms with Crippen molar-refractivity contribution in [3.05, 3.63) is 46.5 Å². The smallest absolute Gasteiger partial charge is 0.328 e. The molecule has 29 heavy (non-hydrogen) atoms. The number of rotatable bonds is 6. The van der Waals surface area contributed by atoms with E-state index in [9.17, 15) is 4.79 Å². The normalized spacial score (nSPS) is 14.9. The SMILES string of the molecule is CCOC(=N)c1ccc(-c2cnc3[nH]c(=O)n(CCN4CCOCC4)c3n2)cc1. The molecule has 1 saturated heterocycles. The van der Waals surface area contributed by atoms with E-state index in [2.05, 4.69) is 19.9 Å². The Bertz CT molecular complexity index is 1050. The highest BCUT2D eigenvalue weighted by Gasteiger charge is 2.15. The van der Waals surface area contributed by atoms with Crippen LogP contribution in [0.5, 0.6) is 0 Å². The molecule has 0 saturated carbocycles. The number of benzene rings is 1. The van der Waals surface area contributed by atoms with E-state index in [0.29, 0.717) is 35.7 Å². The maximum atomic E-state index is 12.4. The Morgan fingerprint density at radius 1 is 1.24 bits per heavy atom. The Labute approximate surface area is 167 Å². The minimum absolute atomic E-state index is 0.142. The Balaban J connectivity index is 1.58. The van der Waals surface area contributed by atoms with Gasteiger partial charge in [0.2, 0.25) is 5.90 Å². The van der Waals surface area contributed by atoms with Gasteiger partial charge in [-0.1, -0.05) is 12.1 Å². The summed E-state index contributed by atoms with van der Waals surface area (Å²) in [5.74, 6) is 0.142. The van der Waals surface area contributed by atoms with Crippen LogP contribution in [-0.2, 0) is 16.0 Å². The van der Waals surface area contributed by atoms with Crippen LogP contribution in [0.3, 0.4) is 0 Å². The number of imidazole rings is 1. The van der Waals surface area contributed by atoms with E-state index in [1.807, 2.05) is 31.2 Å². The standard InChI is InChI=1S/C20H24N6O3/c1-2-29-17(21)15-5-3-14(4-6-15)16-13-22-18-19(23-16)26(20(27)24-18)8-7-25-9-11-28-12-10-25/h3-6,13,21H,2,7-12H2,1H3,(H,22,24,27). The second kappa shape index (κ2) is 8.54. The van der Waals surface area contributed by atoms with Crippen LogP contribution in [0.2, 0.25) is 0 Å². The zero-order chi connectivity index (χ0) is 20.2. The van der Waals surface area contributed by atoms with Crippen LogP contribution in [0.1, 0.15) is 12.5 Å². The van der Waals surface area contributed by atoms with Gasteiger partial charge in [0.1, 0.15) is 0 Å². The van der Waals surface area contributed by atoms with Crippen LogP contribution in [0.4, 0.5) is 0 Å². The molecule has 1 aliphatic rings. The molecule has 152 valence electrons. The molecule has 4 rings (SSSR count). The number of morpholine rings is 1. The van der Waals surface area contributed by atoms with Crippen molar-refractivity contribution >= 4 is 17.2 Å². The summed E-state index contributed by atoms with van der Waals surface area (Å²) in [6.07, 6.45) is 1.65. The molecule has 1 fully saturated rings. The monoisotopic (exact) mass is 396 g/mol. The predicted molar refractivity (Wildman–Crippen MR) is 109 cm³/mol. The van der Waals surface area contributed by atoms with Gasteiger partial charge in [-0.05, 0) is 19.1 Å². The van der Waals surface area contributed by atoms with Gasteiger partial charge in [-0.15, -0.1) is 0 Å². The van der Waals surface area contributed by atoms with E-state index in [1.54, 1.807) is 10.8 Å². The largest absolute Gasteiger partial charge is 0.478 e. The van der Waals surface area contributed by atoms with Gasteiger partial charge in [-0.2, -0.15) is 0 Å². The molecule has 0 aliphatic carbocycles. The number of ether oxygens (including phenoxy) is 2. The summed E-state index contributed by atoms with van der Waals surface area (Å²) in [4.78, 5) is 26.5. The molecule has 9 nitrogen and oxygen atoms in total. The van der Waals surface area contributed by atoms with E-state index in [4.69, 9.17) is 14.9 Å². The molecule has 3 aromatic rings. The number of hydrogen-bond acceptors (Lipinski definition) is 7. The second-order valence-corrected chi connectivity index (χ2v) is 6.80. The number of aromatic nitrogens is 4. The summed E-state index contributed by atoms with van der Waals surface area (Å²) in [6, 6.07) is 7.40. The Morgan fingerprint density at radius 3 is 2.72 bits per heavy atom. The molecule has 1 aliphatic heterocycles. The minimum Gasteiger partial charge on any atom is -0.478 e. The molecule has 0 unspecified atom stereocenters. The van der Waals surface area contributed by atoms with Crippen LogP contribution in [0.25, 0.3) is 22.6 Å². The number of hydrogen-bond donors (Lipinski definition) is 2. The third-order valence-corrected chi connectivity index (χ3v) is 4.96. The maximum Gasteiger partial charge on any atom is 0.328 e. The van der Waals surface area contributed by atoms with Crippen LogP contribution < -0.4 is 5.69 Å². The molecular formula is C20H24N6O3. The third-order valence-electron chi connectivity index (χ3n) is 4.96. The number of nitrogens with zero attached hydrogens (tertiary/aromatic N) is 4. The summed E-state index contributed by atoms with van der Waals surface area (Å²) in [5, 5.41) is 7.87. The maximum absolute atomic E-state index is 12.4. The molecule has 3 heterocycles. The molecule has 9 heteroatoms. The van der Waals surface area contributed by atoms with Crippen molar-refractivity contribution in [2.24, 2.45) is 0 Å². The lowest BCUT2D eigenvalue weighted by molar-refractivity contribution is 0.0364. The molecular weight excluding hydrogens is 372 g/mol. The molecule has 2 N–H and O–H groups in total. The predicted octanol–water partition coefficient (Wildman–Crippen LogP) is 1.48.